The summed E-state index contributed by atoms with van der Waals surface area (Å²) in [5, 5.41) is 3.03. The van der Waals surface area contributed by atoms with E-state index in [4.69, 9.17) is 4.74 Å². The molecule has 0 bridgehead atoms. The predicted octanol–water partition coefficient (Wildman–Crippen LogP) is 2.16. The number of carbonyl (C=O) groups excluding carboxylic acids is 1. The van der Waals surface area contributed by atoms with Crippen molar-refractivity contribution in [2.45, 2.75) is 63.5 Å². The van der Waals surface area contributed by atoms with Gasteiger partial charge in [0.25, 0.3) is 0 Å². The van der Waals surface area contributed by atoms with Crippen LogP contribution < -0.4 is 5.32 Å². The maximum Gasteiger partial charge on any atom is 0.234 e. The zero-order valence-electron chi connectivity index (χ0n) is 15.7. The number of aromatic nitrogens is 2. The van der Waals surface area contributed by atoms with Gasteiger partial charge in [0.05, 0.1) is 12.6 Å². The molecule has 1 amide bonds. The van der Waals surface area contributed by atoms with Crippen LogP contribution in [0.15, 0.2) is 12.4 Å². The number of hydrogen-bond acceptors (Lipinski definition) is 4. The Bertz CT molecular complexity index is 584. The fraction of sp³-hybridized carbons (Fsp3) is 0.800. The van der Waals surface area contributed by atoms with Gasteiger partial charge in [0.2, 0.25) is 5.91 Å². The van der Waals surface area contributed by atoms with Gasteiger partial charge in [-0.25, -0.2) is 4.98 Å². The zero-order chi connectivity index (χ0) is 17.8. The lowest BCUT2D eigenvalue weighted by molar-refractivity contribution is -0.123. The lowest BCUT2D eigenvalue weighted by Crippen LogP contribution is -2.43. The number of rotatable bonds is 7. The first-order valence-corrected chi connectivity index (χ1v) is 10.4. The molecule has 3 fully saturated rings. The van der Waals surface area contributed by atoms with Crippen LogP contribution in [-0.4, -0.2) is 59.2 Å². The summed E-state index contributed by atoms with van der Waals surface area (Å²) in [5.41, 5.74) is 0. The van der Waals surface area contributed by atoms with Crippen LogP contribution in [0.25, 0.3) is 0 Å². The third-order valence-corrected chi connectivity index (χ3v) is 6.30. The molecular weight excluding hydrogens is 328 g/mol. The van der Waals surface area contributed by atoms with E-state index in [9.17, 15) is 4.79 Å². The van der Waals surface area contributed by atoms with E-state index in [2.05, 4.69) is 26.0 Å². The molecule has 2 aliphatic heterocycles. The molecule has 1 aliphatic carbocycles. The Morgan fingerprint density at radius 3 is 2.73 bits per heavy atom. The average Bonchev–Trinajstić information content (AvgIpc) is 3.29. The molecule has 3 heterocycles. The number of piperidine rings is 1. The van der Waals surface area contributed by atoms with Crippen molar-refractivity contribution in [3.8, 4) is 0 Å². The molecule has 1 aromatic heterocycles. The van der Waals surface area contributed by atoms with Gasteiger partial charge < -0.3 is 14.6 Å². The lowest BCUT2D eigenvalue weighted by atomic mass is 9.85. The molecule has 3 aliphatic rings. The number of hydrogen-bond donors (Lipinski definition) is 1. The minimum atomic E-state index is 0.130. The Morgan fingerprint density at radius 1 is 1.19 bits per heavy atom. The molecule has 0 radical (unpaired) electrons. The van der Waals surface area contributed by atoms with Crippen molar-refractivity contribution in [3.05, 3.63) is 18.2 Å². The van der Waals surface area contributed by atoms with Crippen LogP contribution in [-0.2, 0) is 16.1 Å². The molecule has 0 aromatic carbocycles. The Kier molecular flexibility index (Phi) is 5.90. The van der Waals surface area contributed by atoms with E-state index < -0.39 is 0 Å². The van der Waals surface area contributed by atoms with Gasteiger partial charge in [-0.15, -0.1) is 0 Å². The topological polar surface area (TPSA) is 59.4 Å². The van der Waals surface area contributed by atoms with E-state index in [1.165, 1.54) is 25.1 Å². The Balaban J connectivity index is 1.20. The van der Waals surface area contributed by atoms with E-state index in [-0.39, 0.29) is 12.0 Å². The quantitative estimate of drug-likeness (QED) is 0.809. The summed E-state index contributed by atoms with van der Waals surface area (Å²) in [7, 11) is 0. The van der Waals surface area contributed by atoms with Crippen LogP contribution in [0.1, 0.15) is 56.7 Å². The molecule has 0 spiro atoms. The molecule has 26 heavy (non-hydrogen) atoms. The number of nitrogens with one attached hydrogen (secondary N) is 1. The monoisotopic (exact) mass is 360 g/mol. The summed E-state index contributed by atoms with van der Waals surface area (Å²) in [5.74, 6) is 2.79. The smallest absolute Gasteiger partial charge is 0.234 e. The lowest BCUT2D eigenvalue weighted by Gasteiger charge is -2.32. The van der Waals surface area contributed by atoms with Crippen LogP contribution >= 0.6 is 0 Å². The van der Waals surface area contributed by atoms with Crippen molar-refractivity contribution < 1.29 is 9.53 Å². The Hall–Kier alpha value is -1.40. The second kappa shape index (κ2) is 8.53. The summed E-state index contributed by atoms with van der Waals surface area (Å²) in [4.78, 5) is 19.1. The molecular formula is C20H32N4O2. The van der Waals surface area contributed by atoms with E-state index in [0.29, 0.717) is 19.0 Å². The van der Waals surface area contributed by atoms with Gasteiger partial charge in [0, 0.05) is 38.0 Å². The van der Waals surface area contributed by atoms with Crippen molar-refractivity contribution in [2.75, 3.05) is 32.8 Å². The van der Waals surface area contributed by atoms with Gasteiger partial charge in [0.15, 0.2) is 0 Å². The van der Waals surface area contributed by atoms with E-state index >= 15 is 0 Å². The number of amides is 1. The van der Waals surface area contributed by atoms with Crippen molar-refractivity contribution in [2.24, 2.45) is 5.92 Å². The summed E-state index contributed by atoms with van der Waals surface area (Å²) >= 11 is 0. The third-order valence-electron chi connectivity index (χ3n) is 6.30. The first kappa shape index (κ1) is 18.0. The first-order valence-electron chi connectivity index (χ1n) is 10.4. The van der Waals surface area contributed by atoms with Crippen LogP contribution in [0, 0.1) is 5.92 Å². The zero-order valence-corrected chi connectivity index (χ0v) is 15.7. The average molecular weight is 361 g/mol. The highest BCUT2D eigenvalue weighted by molar-refractivity contribution is 5.78. The maximum atomic E-state index is 12.2. The summed E-state index contributed by atoms with van der Waals surface area (Å²) in [6, 6.07) is 0. The highest BCUT2D eigenvalue weighted by atomic mass is 16.5. The molecule has 1 atom stereocenters. The molecule has 4 rings (SSSR count). The van der Waals surface area contributed by atoms with Crippen LogP contribution in [0.3, 0.4) is 0 Å². The van der Waals surface area contributed by atoms with Crippen LogP contribution in [0.5, 0.6) is 0 Å². The number of ether oxygens (including phenoxy) is 1. The molecule has 2 saturated heterocycles. The van der Waals surface area contributed by atoms with Crippen molar-refractivity contribution in [1.82, 2.24) is 19.8 Å². The van der Waals surface area contributed by atoms with Gasteiger partial charge in [0.1, 0.15) is 5.82 Å². The summed E-state index contributed by atoms with van der Waals surface area (Å²) in [6.45, 7) is 5.11. The SMILES string of the molecule is O=C(CN1CCC(c2nccn2CC2CCC2)CC1)NCC1CCCO1. The van der Waals surface area contributed by atoms with Crippen LogP contribution in [0.2, 0.25) is 0 Å². The second-order valence-corrected chi connectivity index (χ2v) is 8.22. The van der Waals surface area contributed by atoms with Crippen molar-refractivity contribution >= 4 is 5.91 Å². The van der Waals surface area contributed by atoms with Gasteiger partial charge in [-0.1, -0.05) is 6.42 Å². The minimum Gasteiger partial charge on any atom is -0.376 e. The fourth-order valence-corrected chi connectivity index (χ4v) is 4.43. The van der Waals surface area contributed by atoms with E-state index in [1.54, 1.807) is 0 Å². The Labute approximate surface area is 156 Å². The number of likely N-dealkylation sites (tertiary alicyclic amines) is 1. The van der Waals surface area contributed by atoms with E-state index in [0.717, 1.165) is 57.8 Å². The van der Waals surface area contributed by atoms with Crippen LogP contribution in [0.4, 0.5) is 0 Å². The molecule has 1 N–H and O–H groups in total. The number of nitrogens with zero attached hydrogens (tertiary/aromatic N) is 3. The maximum absolute atomic E-state index is 12.2. The molecule has 1 saturated carbocycles. The normalized spacial score (nSPS) is 25.3. The highest BCUT2D eigenvalue weighted by Crippen LogP contribution is 2.31. The first-order chi connectivity index (χ1) is 12.8. The van der Waals surface area contributed by atoms with Crippen molar-refractivity contribution in [1.29, 1.82) is 0 Å². The summed E-state index contributed by atoms with van der Waals surface area (Å²) in [6.07, 6.45) is 12.8. The predicted molar refractivity (Wildman–Crippen MR) is 100.0 cm³/mol. The highest BCUT2D eigenvalue weighted by Gasteiger charge is 2.26. The van der Waals surface area contributed by atoms with Gasteiger partial charge in [-0.05, 0) is 57.5 Å². The molecule has 6 heteroatoms. The minimum absolute atomic E-state index is 0.130. The largest absolute Gasteiger partial charge is 0.376 e. The number of carbonyl (C=O) groups is 1. The second-order valence-electron chi connectivity index (χ2n) is 8.22. The van der Waals surface area contributed by atoms with E-state index in [1.807, 2.05) is 6.20 Å². The molecule has 144 valence electrons. The molecule has 1 unspecified atom stereocenters. The standard InChI is InChI=1S/C20H32N4O2/c25-19(22-13-18-5-2-12-26-18)15-23-9-6-17(7-10-23)20-21-8-11-24(20)14-16-3-1-4-16/h8,11,16-18H,1-7,9-10,12-15H2,(H,22,25). The number of imidazole rings is 1. The summed E-state index contributed by atoms with van der Waals surface area (Å²) < 4.78 is 7.95. The van der Waals surface area contributed by atoms with Gasteiger partial charge in [-0.3, -0.25) is 9.69 Å². The van der Waals surface area contributed by atoms with Gasteiger partial charge in [-0.2, -0.15) is 0 Å². The fourth-order valence-electron chi connectivity index (χ4n) is 4.43. The molecule has 1 aromatic rings. The van der Waals surface area contributed by atoms with Crippen molar-refractivity contribution in [3.63, 3.8) is 0 Å². The Morgan fingerprint density at radius 2 is 2.04 bits per heavy atom. The third kappa shape index (κ3) is 4.46. The van der Waals surface area contributed by atoms with Gasteiger partial charge >= 0.3 is 0 Å². The molecule has 6 nitrogen and oxygen atoms in total.